The van der Waals surface area contributed by atoms with Gasteiger partial charge in [-0.1, -0.05) is 11.6 Å². The molecule has 1 aromatic heterocycles. The number of fused-ring (bicyclic) bond motifs is 1. The van der Waals surface area contributed by atoms with E-state index in [2.05, 4.69) is 10.3 Å². The number of hydrogen-bond acceptors (Lipinski definition) is 4. The second-order valence-electron chi connectivity index (χ2n) is 6.47. The SMILES string of the molecule is O=C(Nc1nc2c(s1)CCCC2)C1CC(=O)N(c2ccc(Cl)cc2)C1. The normalized spacial score (nSPS) is 19.8. The van der Waals surface area contributed by atoms with Crippen molar-refractivity contribution >= 4 is 45.6 Å². The molecule has 0 spiro atoms. The largest absolute Gasteiger partial charge is 0.312 e. The van der Waals surface area contributed by atoms with Gasteiger partial charge in [-0.15, -0.1) is 11.3 Å². The molecule has 2 aromatic rings. The van der Waals surface area contributed by atoms with Crippen LogP contribution < -0.4 is 10.2 Å². The molecule has 25 heavy (non-hydrogen) atoms. The number of anilines is 2. The van der Waals surface area contributed by atoms with Crippen LogP contribution in [0.25, 0.3) is 0 Å². The maximum absolute atomic E-state index is 12.6. The Balaban J connectivity index is 1.43. The van der Waals surface area contributed by atoms with Crippen molar-refractivity contribution in [2.75, 3.05) is 16.8 Å². The smallest absolute Gasteiger partial charge is 0.231 e. The first kappa shape index (κ1) is 16.5. The van der Waals surface area contributed by atoms with E-state index in [0.717, 1.165) is 30.6 Å². The van der Waals surface area contributed by atoms with Crippen molar-refractivity contribution in [1.82, 2.24) is 4.98 Å². The summed E-state index contributed by atoms with van der Waals surface area (Å²) in [5.74, 6) is -0.527. The monoisotopic (exact) mass is 375 g/mol. The molecule has 1 saturated heterocycles. The van der Waals surface area contributed by atoms with E-state index in [1.807, 2.05) is 0 Å². The van der Waals surface area contributed by atoms with Gasteiger partial charge in [-0.3, -0.25) is 9.59 Å². The third-order valence-corrected chi connectivity index (χ3v) is 6.03. The van der Waals surface area contributed by atoms with Crippen LogP contribution in [0.15, 0.2) is 24.3 Å². The lowest BCUT2D eigenvalue weighted by Crippen LogP contribution is -2.28. The molecular formula is C18H18ClN3O2S. The van der Waals surface area contributed by atoms with E-state index in [4.69, 9.17) is 11.6 Å². The van der Waals surface area contributed by atoms with E-state index in [-0.39, 0.29) is 24.2 Å². The molecule has 1 atom stereocenters. The Morgan fingerprint density at radius 1 is 1.24 bits per heavy atom. The van der Waals surface area contributed by atoms with Crippen molar-refractivity contribution in [3.05, 3.63) is 39.9 Å². The molecule has 2 heterocycles. The number of halogens is 1. The molecule has 2 aliphatic rings. The summed E-state index contributed by atoms with van der Waals surface area (Å²) in [7, 11) is 0. The highest BCUT2D eigenvalue weighted by molar-refractivity contribution is 7.15. The third-order valence-electron chi connectivity index (χ3n) is 4.71. The van der Waals surface area contributed by atoms with Gasteiger partial charge in [0.15, 0.2) is 5.13 Å². The van der Waals surface area contributed by atoms with Gasteiger partial charge in [-0.05, 0) is 49.9 Å². The number of amides is 2. The van der Waals surface area contributed by atoms with Gasteiger partial charge in [0.1, 0.15) is 0 Å². The van der Waals surface area contributed by atoms with Crippen molar-refractivity contribution in [1.29, 1.82) is 0 Å². The molecule has 0 bridgehead atoms. The molecule has 7 heteroatoms. The van der Waals surface area contributed by atoms with Gasteiger partial charge in [0.05, 0.1) is 11.6 Å². The van der Waals surface area contributed by atoms with Crippen LogP contribution in [0.3, 0.4) is 0 Å². The fraction of sp³-hybridized carbons (Fsp3) is 0.389. The highest BCUT2D eigenvalue weighted by atomic mass is 35.5. The molecule has 1 unspecified atom stereocenters. The van der Waals surface area contributed by atoms with Crippen LogP contribution in [-0.2, 0) is 22.4 Å². The summed E-state index contributed by atoms with van der Waals surface area (Å²) in [6, 6.07) is 7.10. The van der Waals surface area contributed by atoms with E-state index < -0.39 is 0 Å². The van der Waals surface area contributed by atoms with Crippen LogP contribution in [-0.4, -0.2) is 23.3 Å². The minimum atomic E-state index is -0.357. The first-order valence-electron chi connectivity index (χ1n) is 8.45. The van der Waals surface area contributed by atoms with E-state index in [0.29, 0.717) is 16.7 Å². The van der Waals surface area contributed by atoms with Crippen LogP contribution >= 0.6 is 22.9 Å². The lowest BCUT2D eigenvalue weighted by Gasteiger charge is -2.16. The summed E-state index contributed by atoms with van der Waals surface area (Å²) in [5, 5.41) is 4.20. The van der Waals surface area contributed by atoms with Crippen molar-refractivity contribution in [2.45, 2.75) is 32.1 Å². The predicted molar refractivity (Wildman–Crippen MR) is 99.3 cm³/mol. The zero-order chi connectivity index (χ0) is 17.4. The van der Waals surface area contributed by atoms with E-state index in [1.54, 1.807) is 40.5 Å². The molecule has 2 amide bonds. The van der Waals surface area contributed by atoms with Crippen LogP contribution in [0.4, 0.5) is 10.8 Å². The number of benzene rings is 1. The topological polar surface area (TPSA) is 62.3 Å². The molecule has 0 saturated carbocycles. The molecule has 1 aliphatic heterocycles. The van der Waals surface area contributed by atoms with Crippen molar-refractivity contribution in [3.8, 4) is 0 Å². The molecule has 0 radical (unpaired) electrons. The Kier molecular flexibility index (Phi) is 4.48. The van der Waals surface area contributed by atoms with Gasteiger partial charge in [0.25, 0.3) is 0 Å². The standard InChI is InChI=1S/C18H18ClN3O2S/c19-12-5-7-13(8-6-12)22-10-11(9-16(22)23)17(24)21-18-20-14-3-1-2-4-15(14)25-18/h5-8,11H,1-4,9-10H2,(H,20,21,24). The van der Waals surface area contributed by atoms with Crippen LogP contribution in [0.2, 0.25) is 5.02 Å². The Bertz CT molecular complexity index is 795. The first-order chi connectivity index (χ1) is 12.1. The predicted octanol–water partition coefficient (Wildman–Crippen LogP) is 3.67. The lowest BCUT2D eigenvalue weighted by molar-refractivity contribution is -0.122. The van der Waals surface area contributed by atoms with E-state index >= 15 is 0 Å². The van der Waals surface area contributed by atoms with Crippen molar-refractivity contribution < 1.29 is 9.59 Å². The summed E-state index contributed by atoms with van der Waals surface area (Å²) in [6.07, 6.45) is 4.62. The van der Waals surface area contributed by atoms with Crippen LogP contribution in [0.1, 0.15) is 29.8 Å². The quantitative estimate of drug-likeness (QED) is 0.890. The fourth-order valence-corrected chi connectivity index (χ4v) is 4.55. The van der Waals surface area contributed by atoms with Gasteiger partial charge >= 0.3 is 0 Å². The zero-order valence-electron chi connectivity index (χ0n) is 13.6. The Hall–Kier alpha value is -1.92. The summed E-state index contributed by atoms with van der Waals surface area (Å²) in [5.41, 5.74) is 1.89. The number of aromatic nitrogens is 1. The van der Waals surface area contributed by atoms with Crippen molar-refractivity contribution in [3.63, 3.8) is 0 Å². The van der Waals surface area contributed by atoms with Crippen LogP contribution in [0, 0.1) is 5.92 Å². The average Bonchev–Trinajstić information content (AvgIpc) is 3.18. The average molecular weight is 376 g/mol. The zero-order valence-corrected chi connectivity index (χ0v) is 15.2. The van der Waals surface area contributed by atoms with Gasteiger partial charge in [-0.2, -0.15) is 0 Å². The minimum absolute atomic E-state index is 0.0408. The van der Waals surface area contributed by atoms with Gasteiger partial charge in [-0.25, -0.2) is 4.98 Å². The first-order valence-corrected chi connectivity index (χ1v) is 9.65. The number of carbonyl (C=O) groups excluding carboxylic acids is 2. The molecule has 5 nitrogen and oxygen atoms in total. The van der Waals surface area contributed by atoms with Gasteiger partial charge < -0.3 is 10.2 Å². The number of aryl methyl sites for hydroxylation is 2. The molecule has 1 fully saturated rings. The number of rotatable bonds is 3. The Morgan fingerprint density at radius 2 is 2.00 bits per heavy atom. The Morgan fingerprint density at radius 3 is 2.76 bits per heavy atom. The lowest BCUT2D eigenvalue weighted by atomic mass is 10.0. The summed E-state index contributed by atoms with van der Waals surface area (Å²) in [6.45, 7) is 0.386. The van der Waals surface area contributed by atoms with E-state index in [9.17, 15) is 9.59 Å². The summed E-state index contributed by atoms with van der Waals surface area (Å²) >= 11 is 7.46. The maximum atomic E-state index is 12.6. The number of hydrogen-bond donors (Lipinski definition) is 1. The molecule has 1 aromatic carbocycles. The molecule has 1 aliphatic carbocycles. The van der Waals surface area contributed by atoms with Gasteiger partial charge in [0.2, 0.25) is 11.8 Å². The van der Waals surface area contributed by atoms with E-state index in [1.165, 1.54) is 11.3 Å². The molecule has 1 N–H and O–H groups in total. The highest BCUT2D eigenvalue weighted by Crippen LogP contribution is 2.31. The highest BCUT2D eigenvalue weighted by Gasteiger charge is 2.35. The number of nitrogens with zero attached hydrogens (tertiary/aromatic N) is 2. The number of nitrogens with one attached hydrogen (secondary N) is 1. The molecular weight excluding hydrogens is 358 g/mol. The number of carbonyl (C=O) groups is 2. The Labute approximate surface area is 155 Å². The van der Waals surface area contributed by atoms with Gasteiger partial charge in [0, 0.05) is 28.6 Å². The maximum Gasteiger partial charge on any atom is 0.231 e. The molecule has 130 valence electrons. The van der Waals surface area contributed by atoms with Crippen molar-refractivity contribution in [2.24, 2.45) is 5.92 Å². The minimum Gasteiger partial charge on any atom is -0.312 e. The second-order valence-corrected chi connectivity index (χ2v) is 7.99. The third kappa shape index (κ3) is 3.41. The van der Waals surface area contributed by atoms with Crippen LogP contribution in [0.5, 0.6) is 0 Å². The summed E-state index contributed by atoms with van der Waals surface area (Å²) in [4.78, 5) is 32.3. The second kappa shape index (κ2) is 6.77. The molecule has 4 rings (SSSR count). The fourth-order valence-electron chi connectivity index (χ4n) is 3.37. The number of thiazole rings is 1. The summed E-state index contributed by atoms with van der Waals surface area (Å²) < 4.78 is 0.